The Morgan fingerprint density at radius 2 is 2.15 bits per heavy atom. The summed E-state index contributed by atoms with van der Waals surface area (Å²) in [7, 11) is 0. The largest absolute Gasteiger partial charge is 0.352 e. The van der Waals surface area contributed by atoms with E-state index in [0.29, 0.717) is 11.2 Å². The molecule has 1 fully saturated rings. The molecule has 0 saturated heterocycles. The normalized spacial score (nSPS) is 15.8. The molecule has 0 bridgehead atoms. The molecule has 7 heteroatoms. The van der Waals surface area contributed by atoms with Crippen LogP contribution in [0.5, 0.6) is 0 Å². The van der Waals surface area contributed by atoms with Crippen LogP contribution in [0, 0.1) is 0 Å². The topological polar surface area (TPSA) is 72.7 Å². The molecule has 1 unspecified atom stereocenters. The van der Waals surface area contributed by atoms with E-state index in [0.717, 1.165) is 18.5 Å². The lowest BCUT2D eigenvalue weighted by Crippen LogP contribution is -2.32. The monoisotopic (exact) mass is 289 g/mol. The first-order valence-electron chi connectivity index (χ1n) is 6.55. The van der Waals surface area contributed by atoms with Crippen molar-refractivity contribution in [2.24, 2.45) is 0 Å². The minimum atomic E-state index is -0.218. The zero-order chi connectivity index (χ0) is 13.9. The maximum Gasteiger partial charge on any atom is 0.233 e. The van der Waals surface area contributed by atoms with Crippen LogP contribution in [0.1, 0.15) is 19.8 Å². The van der Waals surface area contributed by atoms with Crippen LogP contribution in [0.15, 0.2) is 35.5 Å². The van der Waals surface area contributed by atoms with Gasteiger partial charge >= 0.3 is 0 Å². The van der Waals surface area contributed by atoms with Gasteiger partial charge in [-0.15, -0.1) is 5.10 Å². The van der Waals surface area contributed by atoms with Crippen molar-refractivity contribution >= 4 is 17.7 Å². The number of nitrogens with zero attached hydrogens (tertiary/aromatic N) is 4. The Kier molecular flexibility index (Phi) is 3.68. The molecule has 1 aromatic heterocycles. The van der Waals surface area contributed by atoms with Gasteiger partial charge in [0.25, 0.3) is 0 Å². The first-order valence-corrected chi connectivity index (χ1v) is 7.43. The zero-order valence-electron chi connectivity index (χ0n) is 11.1. The van der Waals surface area contributed by atoms with Gasteiger partial charge in [0.15, 0.2) is 0 Å². The summed E-state index contributed by atoms with van der Waals surface area (Å²) in [4.78, 5) is 12.0. The van der Waals surface area contributed by atoms with E-state index >= 15 is 0 Å². The molecule has 1 atom stereocenters. The van der Waals surface area contributed by atoms with E-state index in [1.54, 1.807) is 4.68 Å². The highest BCUT2D eigenvalue weighted by atomic mass is 32.2. The third-order valence-electron chi connectivity index (χ3n) is 3.02. The van der Waals surface area contributed by atoms with Gasteiger partial charge < -0.3 is 5.32 Å². The van der Waals surface area contributed by atoms with Crippen LogP contribution in [0.4, 0.5) is 0 Å². The summed E-state index contributed by atoms with van der Waals surface area (Å²) in [5, 5.41) is 15.1. The fraction of sp³-hybridized carbons (Fsp3) is 0.385. The summed E-state index contributed by atoms with van der Waals surface area (Å²) in [5.74, 6) is 0.0418. The van der Waals surface area contributed by atoms with E-state index in [1.807, 2.05) is 37.3 Å². The van der Waals surface area contributed by atoms with Gasteiger partial charge in [-0.2, -0.15) is 4.68 Å². The molecule has 1 aliphatic carbocycles. The van der Waals surface area contributed by atoms with Crippen molar-refractivity contribution in [2.45, 2.75) is 36.2 Å². The molecular weight excluding hydrogens is 274 g/mol. The third-order valence-corrected chi connectivity index (χ3v) is 4.05. The van der Waals surface area contributed by atoms with Gasteiger partial charge in [-0.25, -0.2) is 0 Å². The van der Waals surface area contributed by atoms with Gasteiger partial charge in [-0.05, 0) is 42.3 Å². The van der Waals surface area contributed by atoms with E-state index in [9.17, 15) is 4.79 Å². The van der Waals surface area contributed by atoms with Gasteiger partial charge in [0.1, 0.15) is 0 Å². The molecule has 1 amide bonds. The number of tetrazole rings is 1. The molecule has 0 spiro atoms. The minimum absolute atomic E-state index is 0.0418. The fourth-order valence-electron chi connectivity index (χ4n) is 1.74. The van der Waals surface area contributed by atoms with Crippen LogP contribution in [0.2, 0.25) is 0 Å². The Bertz CT molecular complexity index is 596. The standard InChI is InChI=1S/C13H15N5OS/c1-9(12(19)14-10-7-8-10)20-13-15-16-17-18(13)11-5-3-2-4-6-11/h2-6,9-10H,7-8H2,1H3,(H,14,19). The first kappa shape index (κ1) is 13.1. The number of aromatic nitrogens is 4. The Labute approximate surface area is 120 Å². The quantitative estimate of drug-likeness (QED) is 0.843. The summed E-state index contributed by atoms with van der Waals surface area (Å²) in [5.41, 5.74) is 0.884. The number of rotatable bonds is 5. The van der Waals surface area contributed by atoms with Crippen molar-refractivity contribution in [1.29, 1.82) is 0 Å². The number of nitrogens with one attached hydrogen (secondary N) is 1. The summed E-state index contributed by atoms with van der Waals surface area (Å²) in [6, 6.07) is 10.0. The number of benzene rings is 1. The number of hydrogen-bond acceptors (Lipinski definition) is 5. The molecule has 1 heterocycles. The second kappa shape index (κ2) is 5.62. The Hall–Kier alpha value is -1.89. The lowest BCUT2D eigenvalue weighted by atomic mass is 10.3. The molecule has 20 heavy (non-hydrogen) atoms. The lowest BCUT2D eigenvalue weighted by Gasteiger charge is -2.10. The predicted octanol–water partition coefficient (Wildman–Crippen LogP) is 1.42. The Morgan fingerprint density at radius 1 is 1.40 bits per heavy atom. The highest BCUT2D eigenvalue weighted by molar-refractivity contribution is 8.00. The molecule has 1 N–H and O–H groups in total. The molecule has 3 rings (SSSR count). The molecule has 1 aromatic carbocycles. The van der Waals surface area contributed by atoms with E-state index in [-0.39, 0.29) is 11.2 Å². The Morgan fingerprint density at radius 3 is 2.85 bits per heavy atom. The van der Waals surface area contributed by atoms with Crippen molar-refractivity contribution in [3.05, 3.63) is 30.3 Å². The minimum Gasteiger partial charge on any atom is -0.352 e. The second-order valence-electron chi connectivity index (χ2n) is 4.75. The van der Waals surface area contributed by atoms with Gasteiger partial charge in [-0.3, -0.25) is 4.79 Å². The number of hydrogen-bond donors (Lipinski definition) is 1. The van der Waals surface area contributed by atoms with Crippen LogP contribution in [0.3, 0.4) is 0 Å². The third kappa shape index (κ3) is 2.98. The molecule has 2 aromatic rings. The average molecular weight is 289 g/mol. The number of carbonyl (C=O) groups is 1. The summed E-state index contributed by atoms with van der Waals surface area (Å²) in [6.07, 6.45) is 2.18. The summed E-state index contributed by atoms with van der Waals surface area (Å²) in [6.45, 7) is 1.87. The van der Waals surface area contributed by atoms with Crippen LogP contribution >= 0.6 is 11.8 Å². The molecule has 1 aliphatic rings. The fourth-order valence-corrected chi connectivity index (χ4v) is 2.56. The van der Waals surface area contributed by atoms with Crippen molar-refractivity contribution in [1.82, 2.24) is 25.5 Å². The molecular formula is C13H15N5OS. The molecule has 0 aliphatic heterocycles. The van der Waals surface area contributed by atoms with E-state index < -0.39 is 0 Å². The number of para-hydroxylation sites is 1. The average Bonchev–Trinajstić information content (AvgIpc) is 3.16. The highest BCUT2D eigenvalue weighted by Crippen LogP contribution is 2.24. The first-order chi connectivity index (χ1) is 9.74. The van der Waals surface area contributed by atoms with Gasteiger partial charge in [0.05, 0.1) is 10.9 Å². The van der Waals surface area contributed by atoms with Crippen molar-refractivity contribution in [3.8, 4) is 5.69 Å². The van der Waals surface area contributed by atoms with E-state index in [2.05, 4.69) is 20.8 Å². The van der Waals surface area contributed by atoms with Crippen LogP contribution in [0.25, 0.3) is 5.69 Å². The van der Waals surface area contributed by atoms with Gasteiger partial charge in [0.2, 0.25) is 11.1 Å². The van der Waals surface area contributed by atoms with Crippen molar-refractivity contribution < 1.29 is 4.79 Å². The van der Waals surface area contributed by atoms with Crippen molar-refractivity contribution in [2.75, 3.05) is 0 Å². The van der Waals surface area contributed by atoms with Crippen LogP contribution < -0.4 is 5.32 Å². The number of carbonyl (C=O) groups excluding carboxylic acids is 1. The Balaban J connectivity index is 1.71. The number of thioether (sulfide) groups is 1. The van der Waals surface area contributed by atoms with Gasteiger partial charge in [0, 0.05) is 6.04 Å². The number of amides is 1. The predicted molar refractivity (Wildman–Crippen MR) is 75.6 cm³/mol. The SMILES string of the molecule is CC(Sc1nnnn1-c1ccccc1)C(=O)NC1CC1. The van der Waals surface area contributed by atoms with Crippen molar-refractivity contribution in [3.63, 3.8) is 0 Å². The molecule has 0 radical (unpaired) electrons. The zero-order valence-corrected chi connectivity index (χ0v) is 11.9. The van der Waals surface area contributed by atoms with E-state index in [4.69, 9.17) is 0 Å². The molecule has 104 valence electrons. The lowest BCUT2D eigenvalue weighted by molar-refractivity contribution is -0.120. The summed E-state index contributed by atoms with van der Waals surface area (Å²) >= 11 is 1.36. The van der Waals surface area contributed by atoms with E-state index in [1.165, 1.54) is 11.8 Å². The van der Waals surface area contributed by atoms with Gasteiger partial charge in [-0.1, -0.05) is 30.0 Å². The highest BCUT2D eigenvalue weighted by Gasteiger charge is 2.27. The maximum absolute atomic E-state index is 12.0. The second-order valence-corrected chi connectivity index (χ2v) is 6.06. The molecule has 1 saturated carbocycles. The molecule has 6 nitrogen and oxygen atoms in total. The summed E-state index contributed by atoms with van der Waals surface area (Å²) < 4.78 is 1.64. The van der Waals surface area contributed by atoms with Crippen LogP contribution in [-0.2, 0) is 4.79 Å². The maximum atomic E-state index is 12.0. The smallest absolute Gasteiger partial charge is 0.233 e. The van der Waals surface area contributed by atoms with Crippen LogP contribution in [-0.4, -0.2) is 37.4 Å².